The van der Waals surface area contributed by atoms with Crippen molar-refractivity contribution in [1.29, 1.82) is 0 Å². The number of nitrogens with zero attached hydrogens (tertiary/aromatic N) is 2. The number of benzene rings is 9. The molecule has 2 bridgehead atoms. The van der Waals surface area contributed by atoms with E-state index in [-0.39, 0.29) is 36.0 Å². The Labute approximate surface area is 838 Å². The van der Waals surface area contributed by atoms with Gasteiger partial charge in [0.25, 0.3) is 0 Å². The SMILES string of the molecule is C=S.C=S1(=C)N=C(Cc2ccccc2)Nc2cc(Cl)c(C)cc21.C=S1(=C)N=CNc2cc(Cl)c(C)cc21.C=S1(=C)NC(C2CC3C=CC2C3)Nc2cc(Cl)c(C)cc21.C=S1(=C)NC(CC(C)C)Nc2cc(Cl)c(C)cc21.C=S1(=C)NC(CSCC(F)(F)F)Nc2cc(Cl)c(C)cc21.C=S1(=C)NC(Cc2ccccc2)Nc2cc(C(F)(F)F)c(C)cc21.C=S1(=C)NCNc2cc(Cl)c(C)cc21. The largest absolute Gasteiger partial charge is 0.416 e. The Morgan fingerprint density at radius 1 is 0.444 bits per heavy atom. The zero-order valence-corrected chi connectivity index (χ0v) is 89.0. The lowest BCUT2D eigenvalue weighted by molar-refractivity contribution is -0.138. The minimum Gasteiger partial charge on any atom is -0.371 e. The molecule has 35 heteroatoms. The molecule has 0 spiro atoms. The van der Waals surface area contributed by atoms with Crippen LogP contribution >= 0.6 is 159 Å². The number of anilines is 7. The van der Waals surface area contributed by atoms with Crippen molar-refractivity contribution in [2.75, 3.05) is 55.4 Å². The summed E-state index contributed by atoms with van der Waals surface area (Å²) in [6, 6.07) is 46.6. The van der Waals surface area contributed by atoms with Gasteiger partial charge in [0.1, 0.15) is 5.84 Å². The lowest BCUT2D eigenvalue weighted by atomic mass is 9.91. The van der Waals surface area contributed by atoms with Crippen LogP contribution in [0.2, 0.25) is 30.1 Å². The summed E-state index contributed by atoms with van der Waals surface area (Å²) < 4.78 is 102. The molecule has 12 N–H and O–H groups in total. The quantitative estimate of drug-likeness (QED) is 0.0355. The van der Waals surface area contributed by atoms with Gasteiger partial charge in [0.15, 0.2) is 0 Å². The molecule has 728 valence electrons. The van der Waals surface area contributed by atoms with E-state index in [0.717, 1.165) is 164 Å². The molecule has 135 heavy (non-hydrogen) atoms. The van der Waals surface area contributed by atoms with Gasteiger partial charge in [-0.2, -0.15) is 26.3 Å². The predicted molar refractivity (Wildman–Crippen MR) is 618 cm³/mol. The fraction of sp³-hybridized carbons (Fsp3) is 0.270. The first-order valence-electron chi connectivity index (χ1n) is 42.4. The number of thioether (sulfide) groups is 1. The van der Waals surface area contributed by atoms with Gasteiger partial charge in [-0.15, -0.1) is 58.7 Å². The van der Waals surface area contributed by atoms with Crippen molar-refractivity contribution in [3.8, 4) is 0 Å². The van der Waals surface area contributed by atoms with E-state index >= 15 is 0 Å². The molecule has 7 atom stereocenters. The highest BCUT2D eigenvalue weighted by atomic mass is 35.5. The van der Waals surface area contributed by atoms with Crippen LogP contribution < -0.4 is 60.8 Å². The Hall–Kier alpha value is -7.15. The number of alkyl halides is 6. The minimum absolute atomic E-state index is 0.190. The van der Waals surface area contributed by atoms with Gasteiger partial charge in [0.2, 0.25) is 0 Å². The first kappa shape index (κ1) is 108. The number of hydrogen-bond acceptors (Lipinski definition) is 16. The van der Waals surface area contributed by atoms with E-state index in [1.54, 1.807) is 18.5 Å². The first-order valence-corrected chi connectivity index (χ1v) is 60.1. The van der Waals surface area contributed by atoms with Crippen molar-refractivity contribution < 1.29 is 26.3 Å². The molecule has 9 aromatic carbocycles. The minimum atomic E-state index is -4.37. The molecular formula is C100H120Cl6F6N14S9. The maximum atomic E-state index is 13.2. The van der Waals surface area contributed by atoms with Gasteiger partial charge in [0, 0.05) is 94.6 Å². The van der Waals surface area contributed by atoms with E-state index < -0.39 is 89.4 Å². The number of nitrogens with one attached hydrogen (secondary N) is 12. The van der Waals surface area contributed by atoms with Crippen LogP contribution in [0.1, 0.15) is 88.7 Å². The Morgan fingerprint density at radius 2 is 0.852 bits per heavy atom. The van der Waals surface area contributed by atoms with Crippen molar-refractivity contribution in [3.63, 3.8) is 0 Å². The summed E-state index contributed by atoms with van der Waals surface area (Å²) in [5.74, 6) is 64.4. The zero-order valence-electron chi connectivity index (χ0n) is 77.1. The third-order valence-corrected chi connectivity index (χ3v) is 39.5. The monoisotopic (exact) mass is 2130 g/mol. The third kappa shape index (κ3) is 27.6. The number of rotatable bonds is 10. The lowest BCUT2D eigenvalue weighted by Gasteiger charge is -2.39. The van der Waals surface area contributed by atoms with Crippen LogP contribution in [0.5, 0.6) is 0 Å². The van der Waals surface area contributed by atoms with Crippen LogP contribution in [0.15, 0.2) is 201 Å². The van der Waals surface area contributed by atoms with Gasteiger partial charge in [-0.3, -0.25) is 9.44 Å². The summed E-state index contributed by atoms with van der Waals surface area (Å²) in [6.07, 6.45) is 2.82. The maximum absolute atomic E-state index is 13.2. The topological polar surface area (TPSA) is 169 Å². The molecule has 18 rings (SSSR count). The normalized spacial score (nSPS) is 21.3. The zero-order chi connectivity index (χ0) is 99.4. The second-order valence-corrected chi connectivity index (χ2v) is 55.5. The van der Waals surface area contributed by atoms with Crippen LogP contribution in [0.4, 0.5) is 66.2 Å². The summed E-state index contributed by atoms with van der Waals surface area (Å²) in [5, 5.41) is 27.6. The van der Waals surface area contributed by atoms with E-state index in [1.165, 1.54) is 36.3 Å². The van der Waals surface area contributed by atoms with Crippen molar-refractivity contribution in [2.45, 2.75) is 166 Å². The predicted octanol–water partition coefficient (Wildman–Crippen LogP) is 27.8. The Kier molecular flexibility index (Phi) is 35.2. The number of aryl methyl sites for hydroxylation is 7. The molecule has 0 saturated heterocycles. The Bertz CT molecular complexity index is 6940. The van der Waals surface area contributed by atoms with E-state index in [1.807, 2.05) is 139 Å². The summed E-state index contributed by atoms with van der Waals surface area (Å²) in [5.41, 5.74) is 14.5. The highest BCUT2D eigenvalue weighted by Crippen LogP contribution is 2.53. The molecule has 7 unspecified atom stereocenters. The molecule has 14 nitrogen and oxygen atoms in total. The molecule has 2 aliphatic carbocycles. The molecule has 7 heterocycles. The molecule has 1 saturated carbocycles. The molecule has 7 aliphatic heterocycles. The van der Waals surface area contributed by atoms with Crippen LogP contribution in [-0.4, -0.2) is 149 Å². The van der Waals surface area contributed by atoms with Crippen molar-refractivity contribution in [1.82, 2.24) is 23.6 Å². The van der Waals surface area contributed by atoms with Gasteiger partial charge < -0.3 is 37.2 Å². The van der Waals surface area contributed by atoms with Gasteiger partial charge in [-0.05, 0) is 226 Å². The fourth-order valence-corrected chi connectivity index (χ4v) is 29.5. The first-order chi connectivity index (χ1) is 62.9. The molecule has 0 radical (unpaired) electrons. The summed E-state index contributed by atoms with van der Waals surface area (Å²) >= 11 is 41.6. The molecule has 9 aromatic rings. The van der Waals surface area contributed by atoms with Gasteiger partial charge in [-0.1, -0.05) is 269 Å². The van der Waals surface area contributed by atoms with Crippen LogP contribution in [-0.2, 0) is 19.0 Å². The average molecular weight is 2130 g/mol. The Balaban J connectivity index is 0.000000152. The third-order valence-electron chi connectivity index (χ3n) is 23.1. The van der Waals surface area contributed by atoms with Gasteiger partial charge in [0.05, 0.1) is 83.1 Å². The van der Waals surface area contributed by atoms with Crippen LogP contribution in [0, 0.1) is 72.1 Å². The standard InChI is InChI=1S/C18H19F3N2S.C17H21ClN2S.C17H17ClN2S.C14H21ClN2S.C13H16ClF3N2S2.C10H13ClN2S.C10H11ClN2S.CH2S/c1-12-9-16-15(11-14(12)18(19,20)21)22-17(23-24(16,2)3)10-13-7-5-4-6-8-13;1-10-6-16-15(9-14(10)18)19-17(20-21(16,2)3)13-8-11-4-5-12(13)7-11;1-12-9-16-15(11-14(12)18)19-17(20-21(16,2)3)10-13-7-5-4-6-8-13;1-9(2)6-14-16-12-8-11(15)10(3)7-13(12)18(4,5)17-14;1-8-4-11-10(5-9(8)14)18-12(19-21(11,2)3)6-20-7-13(15,16)17;2*1-7-4-10-9(5-8(7)11)12-6-13-14(10,2)3;1-2/h4-9,11,17,22-23H,2-3,10H2,1H3;4-6,9,11-13,17,19-20H,2-3,7-8H2,1H3;4-9,11H,2-3,10H2,1H3,(H,19,20);7-9,14,16-17H,4-6H2,1-3H3;4-5,12,18-19H,2-3,6-7H2,1H3;4-5,12-13H,2-3,6H2,1H3;4-6H,2-3H2,1H3,(H,12,13);1H2. The molecule has 9 aliphatic rings. The summed E-state index contributed by atoms with van der Waals surface area (Å²) in [7, 11) is -11.1. The molecular weight excluding hydrogens is 2010 g/mol. The molecule has 1 fully saturated rings. The maximum Gasteiger partial charge on any atom is 0.416 e. The highest BCUT2D eigenvalue weighted by Gasteiger charge is 2.43. The van der Waals surface area contributed by atoms with E-state index in [9.17, 15) is 26.3 Å². The number of amidine groups is 1. The van der Waals surface area contributed by atoms with Crippen molar-refractivity contribution in [3.05, 3.63) is 244 Å². The van der Waals surface area contributed by atoms with E-state index in [2.05, 4.69) is 222 Å². The summed E-state index contributed by atoms with van der Waals surface area (Å²) in [4.78, 5) is 7.25. The van der Waals surface area contributed by atoms with Gasteiger partial charge >= 0.3 is 12.4 Å². The number of thiocarbonyl (C=S) groups is 1. The number of hydrogen-bond donors (Lipinski definition) is 12. The smallest absolute Gasteiger partial charge is 0.371 e. The van der Waals surface area contributed by atoms with Crippen LogP contribution in [0.3, 0.4) is 0 Å². The van der Waals surface area contributed by atoms with Crippen LogP contribution in [0.25, 0.3) is 0 Å². The van der Waals surface area contributed by atoms with Gasteiger partial charge in [-0.25, -0.2) is 23.0 Å². The van der Waals surface area contributed by atoms with Crippen molar-refractivity contribution in [2.24, 2.45) is 32.5 Å². The van der Waals surface area contributed by atoms with E-state index in [4.69, 9.17) is 74.0 Å². The average Bonchev–Trinajstić information content (AvgIpc) is 1.74. The number of fused-ring (bicyclic) bond motifs is 9. The van der Waals surface area contributed by atoms with Crippen molar-refractivity contribution >= 4 is 299 Å². The Morgan fingerprint density at radius 3 is 1.33 bits per heavy atom. The molecule has 0 amide bonds. The second kappa shape index (κ2) is 43.9. The highest BCUT2D eigenvalue weighted by molar-refractivity contribution is 8.28. The molecule has 0 aromatic heterocycles. The fourth-order valence-electron chi connectivity index (χ4n) is 16.3. The second-order valence-electron chi connectivity index (χ2n) is 35.1. The lowest BCUT2D eigenvalue weighted by Crippen LogP contribution is -2.45. The number of allylic oxidation sites excluding steroid dienone is 2. The van der Waals surface area contributed by atoms with E-state index in [0.29, 0.717) is 41.6 Å². The summed E-state index contributed by atoms with van der Waals surface area (Å²) in [6.45, 7) is 18.5. The number of halogens is 12.